The lowest BCUT2D eigenvalue weighted by molar-refractivity contribution is -0.0685. The summed E-state index contributed by atoms with van der Waals surface area (Å²) in [6.45, 7) is 0.388. The molecule has 2 fully saturated rings. The molecule has 1 amide bonds. The molecule has 2 N–H and O–H groups in total. The first-order chi connectivity index (χ1) is 13.5. The largest absolute Gasteiger partial charge is 0.465 e. The molecule has 0 saturated carbocycles. The number of ether oxygens (including phenoxy) is 1. The molecule has 28 heavy (non-hydrogen) atoms. The maximum atomic E-state index is 12.0. The Bertz CT molecular complexity index is 1120. The minimum Gasteiger partial charge on any atom is -0.465 e. The van der Waals surface area contributed by atoms with E-state index in [9.17, 15) is 14.7 Å². The lowest BCUT2D eigenvalue weighted by atomic mass is 9.98. The number of carboxylic acid groups (broad SMARTS) is 1. The Morgan fingerprint density at radius 3 is 2.82 bits per heavy atom. The van der Waals surface area contributed by atoms with Crippen molar-refractivity contribution < 1.29 is 14.6 Å². The number of carbonyl (C=O) groups is 1. The third kappa shape index (κ3) is 2.60. The van der Waals surface area contributed by atoms with Crippen LogP contribution in [0.15, 0.2) is 41.5 Å². The van der Waals surface area contributed by atoms with E-state index in [2.05, 4.69) is 9.97 Å². The highest BCUT2D eigenvalue weighted by Gasteiger charge is 2.44. The molecule has 0 aliphatic carbocycles. The molecule has 2 aliphatic heterocycles. The summed E-state index contributed by atoms with van der Waals surface area (Å²) in [7, 11) is 0. The molecule has 2 bridgehead atoms. The summed E-state index contributed by atoms with van der Waals surface area (Å²) < 4.78 is 7.65. The minimum atomic E-state index is -0.933. The number of fused-ring (bicyclic) bond motifs is 3. The van der Waals surface area contributed by atoms with E-state index in [-0.39, 0.29) is 23.8 Å². The van der Waals surface area contributed by atoms with Crippen molar-refractivity contribution >= 4 is 28.7 Å². The van der Waals surface area contributed by atoms with E-state index in [1.807, 2.05) is 24.3 Å². The molecule has 144 valence electrons. The second-order valence-electron chi connectivity index (χ2n) is 7.12. The Hall–Kier alpha value is -2.84. The Kier molecular flexibility index (Phi) is 3.92. The van der Waals surface area contributed by atoms with Gasteiger partial charge in [0.05, 0.1) is 36.5 Å². The highest BCUT2D eigenvalue weighted by atomic mass is 35.5. The SMILES string of the molecule is O=C(O)N1C[C@H]2CC[C@H](O2)[C@H]1c1ccc(-n2c(Cl)cc3c(=O)[nH]cnc32)cc1. The van der Waals surface area contributed by atoms with E-state index in [1.54, 1.807) is 10.6 Å². The molecule has 9 heteroatoms. The van der Waals surface area contributed by atoms with Crippen LogP contribution >= 0.6 is 11.6 Å². The first-order valence-electron chi connectivity index (χ1n) is 9.03. The van der Waals surface area contributed by atoms with Crippen molar-refractivity contribution in [1.82, 2.24) is 19.4 Å². The highest BCUT2D eigenvalue weighted by Crippen LogP contribution is 2.40. The number of benzene rings is 1. The zero-order chi connectivity index (χ0) is 19.4. The fourth-order valence-corrected chi connectivity index (χ4v) is 4.57. The molecule has 3 aromatic rings. The monoisotopic (exact) mass is 400 g/mol. The van der Waals surface area contributed by atoms with Crippen molar-refractivity contribution in [3.05, 3.63) is 57.7 Å². The predicted molar refractivity (Wildman–Crippen MR) is 102 cm³/mol. The number of morpholine rings is 1. The van der Waals surface area contributed by atoms with Crippen molar-refractivity contribution in [3.63, 3.8) is 0 Å². The molecule has 5 rings (SSSR count). The summed E-state index contributed by atoms with van der Waals surface area (Å²) in [5.74, 6) is 0. The molecular formula is C19H17ClN4O4. The molecule has 3 atom stereocenters. The summed E-state index contributed by atoms with van der Waals surface area (Å²) in [6, 6.07) is 8.72. The smallest absolute Gasteiger partial charge is 0.407 e. The number of nitrogens with one attached hydrogen (secondary N) is 1. The minimum absolute atomic E-state index is 0.00849. The van der Waals surface area contributed by atoms with Crippen LogP contribution in [-0.2, 0) is 4.74 Å². The van der Waals surface area contributed by atoms with Crippen LogP contribution in [0, 0.1) is 0 Å². The topological polar surface area (TPSA) is 100 Å². The first-order valence-corrected chi connectivity index (χ1v) is 9.41. The van der Waals surface area contributed by atoms with E-state index in [0.717, 1.165) is 24.1 Å². The van der Waals surface area contributed by atoms with Crippen LogP contribution in [0.3, 0.4) is 0 Å². The number of aromatic amines is 1. The zero-order valence-electron chi connectivity index (χ0n) is 14.7. The van der Waals surface area contributed by atoms with Crippen LogP contribution < -0.4 is 5.56 Å². The fourth-order valence-electron chi connectivity index (χ4n) is 4.29. The Labute approximate surface area is 164 Å². The quantitative estimate of drug-likeness (QED) is 0.688. The zero-order valence-corrected chi connectivity index (χ0v) is 15.5. The Morgan fingerprint density at radius 1 is 1.29 bits per heavy atom. The van der Waals surface area contributed by atoms with Crippen molar-refractivity contribution in [2.75, 3.05) is 6.54 Å². The molecule has 0 unspecified atom stereocenters. The number of halogens is 1. The normalized spacial score (nSPS) is 24.0. The average molecular weight is 401 g/mol. The van der Waals surface area contributed by atoms with Gasteiger partial charge in [-0.15, -0.1) is 0 Å². The van der Waals surface area contributed by atoms with E-state index in [1.165, 1.54) is 11.2 Å². The van der Waals surface area contributed by atoms with Crippen molar-refractivity contribution in [1.29, 1.82) is 0 Å². The number of likely N-dealkylation sites (tertiary alicyclic amines) is 1. The van der Waals surface area contributed by atoms with Gasteiger partial charge in [0.15, 0.2) is 5.65 Å². The number of hydrogen-bond acceptors (Lipinski definition) is 4. The molecule has 0 spiro atoms. The average Bonchev–Trinajstić information content (AvgIpc) is 3.22. The summed E-state index contributed by atoms with van der Waals surface area (Å²) >= 11 is 6.34. The van der Waals surface area contributed by atoms with Gasteiger partial charge in [0.1, 0.15) is 5.15 Å². The van der Waals surface area contributed by atoms with Crippen LogP contribution in [0.5, 0.6) is 0 Å². The van der Waals surface area contributed by atoms with Gasteiger partial charge in [0.2, 0.25) is 0 Å². The first kappa shape index (κ1) is 17.3. The summed E-state index contributed by atoms with van der Waals surface area (Å²) in [6.07, 6.45) is 2.00. The van der Waals surface area contributed by atoms with Gasteiger partial charge in [-0.1, -0.05) is 23.7 Å². The van der Waals surface area contributed by atoms with Gasteiger partial charge in [0.25, 0.3) is 5.56 Å². The molecule has 2 aliphatic rings. The van der Waals surface area contributed by atoms with Gasteiger partial charge in [-0.2, -0.15) is 0 Å². The van der Waals surface area contributed by atoms with E-state index in [0.29, 0.717) is 22.7 Å². The molecule has 1 aromatic carbocycles. The second kappa shape index (κ2) is 6.35. The van der Waals surface area contributed by atoms with Gasteiger partial charge in [-0.3, -0.25) is 14.3 Å². The van der Waals surface area contributed by atoms with E-state index in [4.69, 9.17) is 16.3 Å². The standard InChI is InChI=1S/C19H17ClN4O4/c20-15-7-13-17(21-9-22-18(13)25)24(15)11-3-1-10(2-4-11)16-14-6-5-12(28-14)8-23(16)19(26)27/h1-4,7,9,12,14,16H,5-6,8H2,(H,26,27)(H,21,22,25)/t12-,14+,16-/m1/s1. The predicted octanol–water partition coefficient (Wildman–Crippen LogP) is 2.95. The number of nitrogens with zero attached hydrogens (tertiary/aromatic N) is 3. The maximum absolute atomic E-state index is 12.0. The van der Waals surface area contributed by atoms with Crippen molar-refractivity contribution in [3.8, 4) is 5.69 Å². The molecule has 2 saturated heterocycles. The number of aromatic nitrogens is 3. The van der Waals surface area contributed by atoms with Gasteiger partial charge in [-0.25, -0.2) is 9.78 Å². The van der Waals surface area contributed by atoms with E-state index < -0.39 is 6.09 Å². The summed E-state index contributed by atoms with van der Waals surface area (Å²) in [5, 5.41) is 10.4. The molecule has 8 nitrogen and oxygen atoms in total. The number of rotatable bonds is 2. The van der Waals surface area contributed by atoms with Gasteiger partial charge in [-0.05, 0) is 36.6 Å². The third-order valence-electron chi connectivity index (χ3n) is 5.52. The number of amides is 1. The highest BCUT2D eigenvalue weighted by molar-refractivity contribution is 6.31. The maximum Gasteiger partial charge on any atom is 0.407 e. The van der Waals surface area contributed by atoms with Crippen LogP contribution in [-0.4, -0.2) is 49.4 Å². The third-order valence-corrected chi connectivity index (χ3v) is 5.80. The van der Waals surface area contributed by atoms with Crippen LogP contribution in [0.1, 0.15) is 24.4 Å². The van der Waals surface area contributed by atoms with Crippen LogP contribution in [0.25, 0.3) is 16.7 Å². The number of H-pyrrole nitrogens is 1. The van der Waals surface area contributed by atoms with Crippen molar-refractivity contribution in [2.45, 2.75) is 31.1 Å². The molecule has 2 aromatic heterocycles. The molecule has 4 heterocycles. The Morgan fingerprint density at radius 2 is 2.07 bits per heavy atom. The number of hydrogen-bond donors (Lipinski definition) is 2. The summed E-state index contributed by atoms with van der Waals surface area (Å²) in [4.78, 5) is 32.0. The lowest BCUT2D eigenvalue weighted by Gasteiger charge is -2.38. The molecular weight excluding hydrogens is 384 g/mol. The van der Waals surface area contributed by atoms with E-state index >= 15 is 0 Å². The van der Waals surface area contributed by atoms with Gasteiger partial charge >= 0.3 is 6.09 Å². The second-order valence-corrected chi connectivity index (χ2v) is 7.50. The lowest BCUT2D eigenvalue weighted by Crippen LogP contribution is -2.47. The molecule has 0 radical (unpaired) electrons. The summed E-state index contributed by atoms with van der Waals surface area (Å²) in [5.41, 5.74) is 1.82. The van der Waals surface area contributed by atoms with Crippen molar-refractivity contribution in [2.24, 2.45) is 0 Å². The Balaban J connectivity index is 1.55. The van der Waals surface area contributed by atoms with Gasteiger partial charge in [0, 0.05) is 5.69 Å². The van der Waals surface area contributed by atoms with Gasteiger partial charge < -0.3 is 14.8 Å². The van der Waals surface area contributed by atoms with Crippen LogP contribution in [0.2, 0.25) is 5.15 Å². The van der Waals surface area contributed by atoms with Crippen LogP contribution in [0.4, 0.5) is 4.79 Å². The fraction of sp³-hybridized carbons (Fsp3) is 0.316.